The lowest BCUT2D eigenvalue weighted by molar-refractivity contribution is 0.483. The predicted molar refractivity (Wildman–Crippen MR) is 81.7 cm³/mol. The molecule has 5 heteroatoms. The molecule has 1 aromatic carbocycles. The van der Waals surface area contributed by atoms with Crippen LogP contribution in [0, 0.1) is 5.92 Å². The van der Waals surface area contributed by atoms with Crippen LogP contribution in [0.1, 0.15) is 24.7 Å². The maximum atomic E-state index is 6.21. The van der Waals surface area contributed by atoms with Gasteiger partial charge in [-0.1, -0.05) is 36.7 Å². The summed E-state index contributed by atoms with van der Waals surface area (Å²) in [4.78, 5) is 4.35. The molecule has 0 fully saturated rings. The van der Waals surface area contributed by atoms with Crippen molar-refractivity contribution in [3.63, 3.8) is 0 Å². The Morgan fingerprint density at radius 3 is 2.80 bits per heavy atom. The van der Waals surface area contributed by atoms with Crippen molar-refractivity contribution in [3.8, 4) is 0 Å². The van der Waals surface area contributed by atoms with Gasteiger partial charge in [0.15, 0.2) is 0 Å². The van der Waals surface area contributed by atoms with Gasteiger partial charge in [0.05, 0.1) is 0 Å². The Morgan fingerprint density at radius 2 is 2.10 bits per heavy atom. The van der Waals surface area contributed by atoms with E-state index in [1.54, 1.807) is 6.33 Å². The van der Waals surface area contributed by atoms with Crippen molar-refractivity contribution < 1.29 is 0 Å². The van der Waals surface area contributed by atoms with E-state index in [1.807, 2.05) is 22.9 Å². The van der Waals surface area contributed by atoms with E-state index in [2.05, 4.69) is 23.1 Å². The zero-order valence-corrected chi connectivity index (χ0v) is 12.6. The van der Waals surface area contributed by atoms with Crippen LogP contribution in [-0.2, 0) is 19.4 Å². The Labute approximate surface area is 125 Å². The molecule has 20 heavy (non-hydrogen) atoms. The fourth-order valence-electron chi connectivity index (χ4n) is 2.32. The van der Waals surface area contributed by atoms with Crippen molar-refractivity contribution in [2.45, 2.75) is 32.7 Å². The molecule has 0 spiro atoms. The second-order valence-electron chi connectivity index (χ2n) is 5.00. The summed E-state index contributed by atoms with van der Waals surface area (Å²) in [6.45, 7) is 3.65. The number of aromatic nitrogens is 3. The molecule has 0 amide bonds. The molecule has 1 heterocycles. The zero-order chi connectivity index (χ0) is 14.4. The van der Waals surface area contributed by atoms with Crippen molar-refractivity contribution in [1.29, 1.82) is 0 Å². The maximum absolute atomic E-state index is 6.21. The van der Waals surface area contributed by atoms with Crippen molar-refractivity contribution >= 4 is 11.6 Å². The molecule has 2 N–H and O–H groups in total. The van der Waals surface area contributed by atoms with Crippen molar-refractivity contribution in [2.24, 2.45) is 11.7 Å². The van der Waals surface area contributed by atoms with Crippen molar-refractivity contribution in [1.82, 2.24) is 14.8 Å². The fraction of sp³-hybridized carbons (Fsp3) is 0.467. The standard InChI is InChI=1S/C15H21ClN4/c1-2-7-20-15(18-11-19-20)9-12(10-17)8-13-5-3-4-6-14(13)16/h3-6,11-12H,2,7-10,17H2,1H3. The zero-order valence-electron chi connectivity index (χ0n) is 11.8. The van der Waals surface area contributed by atoms with Crippen LogP contribution in [0.4, 0.5) is 0 Å². The normalized spacial score (nSPS) is 12.6. The molecular weight excluding hydrogens is 272 g/mol. The van der Waals surface area contributed by atoms with E-state index in [9.17, 15) is 0 Å². The second-order valence-corrected chi connectivity index (χ2v) is 5.41. The number of nitrogens with two attached hydrogens (primary N) is 1. The highest BCUT2D eigenvalue weighted by Crippen LogP contribution is 2.20. The van der Waals surface area contributed by atoms with E-state index in [-0.39, 0.29) is 0 Å². The van der Waals surface area contributed by atoms with Gasteiger partial charge in [0, 0.05) is 18.0 Å². The topological polar surface area (TPSA) is 56.7 Å². The van der Waals surface area contributed by atoms with Gasteiger partial charge >= 0.3 is 0 Å². The van der Waals surface area contributed by atoms with Gasteiger partial charge in [-0.3, -0.25) is 4.68 Å². The van der Waals surface area contributed by atoms with Gasteiger partial charge in [-0.25, -0.2) is 4.98 Å². The number of hydrogen-bond acceptors (Lipinski definition) is 3. The van der Waals surface area contributed by atoms with Gasteiger partial charge in [0.1, 0.15) is 12.2 Å². The first-order valence-electron chi connectivity index (χ1n) is 7.04. The molecule has 4 nitrogen and oxygen atoms in total. The summed E-state index contributed by atoms with van der Waals surface area (Å²) in [6, 6.07) is 7.93. The van der Waals surface area contributed by atoms with Gasteiger partial charge in [-0.15, -0.1) is 0 Å². The van der Waals surface area contributed by atoms with Gasteiger partial charge in [-0.2, -0.15) is 5.10 Å². The van der Waals surface area contributed by atoms with Crippen LogP contribution in [-0.4, -0.2) is 21.3 Å². The van der Waals surface area contributed by atoms with Crippen LogP contribution in [0.15, 0.2) is 30.6 Å². The minimum atomic E-state index is 0.328. The number of benzene rings is 1. The molecule has 0 bridgehead atoms. The number of halogens is 1. The summed E-state index contributed by atoms with van der Waals surface area (Å²) in [7, 11) is 0. The molecule has 1 unspecified atom stereocenters. The SMILES string of the molecule is CCCn1ncnc1CC(CN)Cc1ccccc1Cl. The third-order valence-electron chi connectivity index (χ3n) is 3.40. The van der Waals surface area contributed by atoms with Crippen LogP contribution in [0.25, 0.3) is 0 Å². The quantitative estimate of drug-likeness (QED) is 0.853. The summed E-state index contributed by atoms with van der Waals surface area (Å²) in [5, 5.41) is 5.06. The highest BCUT2D eigenvalue weighted by Gasteiger charge is 2.14. The molecule has 0 aliphatic heterocycles. The van der Waals surface area contributed by atoms with E-state index in [1.165, 1.54) is 0 Å². The van der Waals surface area contributed by atoms with Crippen molar-refractivity contribution in [3.05, 3.63) is 47.0 Å². The van der Waals surface area contributed by atoms with E-state index < -0.39 is 0 Å². The number of hydrogen-bond donors (Lipinski definition) is 1. The first-order chi connectivity index (χ1) is 9.74. The third-order valence-corrected chi connectivity index (χ3v) is 3.77. The van der Waals surface area contributed by atoms with Crippen molar-refractivity contribution in [2.75, 3.05) is 6.54 Å². The minimum absolute atomic E-state index is 0.328. The highest BCUT2D eigenvalue weighted by molar-refractivity contribution is 6.31. The average molecular weight is 293 g/mol. The Kier molecular flexibility index (Phi) is 5.56. The first kappa shape index (κ1) is 15.0. The van der Waals surface area contributed by atoms with Crippen LogP contribution in [0.3, 0.4) is 0 Å². The smallest absolute Gasteiger partial charge is 0.138 e. The summed E-state index contributed by atoms with van der Waals surface area (Å²) >= 11 is 6.21. The van der Waals surface area contributed by atoms with Crippen LogP contribution >= 0.6 is 11.6 Å². The second kappa shape index (κ2) is 7.41. The van der Waals surface area contributed by atoms with Gasteiger partial charge in [-0.05, 0) is 36.9 Å². The van der Waals surface area contributed by atoms with E-state index in [4.69, 9.17) is 17.3 Å². The average Bonchev–Trinajstić information content (AvgIpc) is 2.88. The third kappa shape index (κ3) is 3.81. The monoisotopic (exact) mass is 292 g/mol. The molecule has 0 saturated heterocycles. The molecule has 0 radical (unpaired) electrons. The lowest BCUT2D eigenvalue weighted by Crippen LogP contribution is -2.21. The Morgan fingerprint density at radius 1 is 1.30 bits per heavy atom. The maximum Gasteiger partial charge on any atom is 0.138 e. The van der Waals surface area contributed by atoms with E-state index >= 15 is 0 Å². The molecule has 0 aliphatic rings. The van der Waals surface area contributed by atoms with E-state index in [0.717, 1.165) is 42.2 Å². The molecule has 1 aromatic heterocycles. The molecule has 1 atom stereocenters. The molecular formula is C15H21ClN4. The van der Waals surface area contributed by atoms with Crippen LogP contribution < -0.4 is 5.73 Å². The van der Waals surface area contributed by atoms with E-state index in [0.29, 0.717) is 12.5 Å². The van der Waals surface area contributed by atoms with Gasteiger partial charge in [0.25, 0.3) is 0 Å². The summed E-state index contributed by atoms with van der Waals surface area (Å²) in [6.07, 6.45) is 4.37. The summed E-state index contributed by atoms with van der Waals surface area (Å²) in [5.74, 6) is 1.34. The number of aryl methyl sites for hydroxylation is 1. The molecule has 2 rings (SSSR count). The summed E-state index contributed by atoms with van der Waals surface area (Å²) in [5.41, 5.74) is 7.06. The predicted octanol–water partition coefficient (Wildman–Crippen LogP) is 2.70. The largest absolute Gasteiger partial charge is 0.330 e. The van der Waals surface area contributed by atoms with Gasteiger partial charge < -0.3 is 5.73 Å². The number of nitrogens with zero attached hydrogens (tertiary/aromatic N) is 3. The molecule has 0 aliphatic carbocycles. The van der Waals surface area contributed by atoms with Crippen LogP contribution in [0.5, 0.6) is 0 Å². The minimum Gasteiger partial charge on any atom is -0.330 e. The Bertz CT molecular complexity index is 538. The van der Waals surface area contributed by atoms with Crippen LogP contribution in [0.2, 0.25) is 5.02 Å². The lowest BCUT2D eigenvalue weighted by atomic mass is 9.96. The molecule has 2 aromatic rings. The molecule has 108 valence electrons. The lowest BCUT2D eigenvalue weighted by Gasteiger charge is -2.15. The summed E-state index contributed by atoms with van der Waals surface area (Å²) < 4.78 is 1.97. The molecule has 0 saturated carbocycles. The Balaban J connectivity index is 2.05. The Hall–Kier alpha value is -1.39. The fourth-order valence-corrected chi connectivity index (χ4v) is 2.53. The first-order valence-corrected chi connectivity index (χ1v) is 7.42. The van der Waals surface area contributed by atoms with Gasteiger partial charge in [0.2, 0.25) is 0 Å². The highest BCUT2D eigenvalue weighted by atomic mass is 35.5. The number of rotatable bonds is 7.